The van der Waals surface area contributed by atoms with Gasteiger partial charge in [-0.2, -0.15) is 0 Å². The maximum atomic E-state index is 7.94. The molecule has 2 aliphatic rings. The van der Waals surface area contributed by atoms with Crippen LogP contribution in [0.5, 0.6) is 0 Å². The molecule has 0 bridgehead atoms. The molecule has 4 heteroatoms. The third-order valence-electron chi connectivity index (χ3n) is 5.11. The Morgan fingerprint density at radius 3 is 2.62 bits per heavy atom. The van der Waals surface area contributed by atoms with E-state index in [4.69, 9.17) is 16.1 Å². The van der Waals surface area contributed by atoms with Gasteiger partial charge in [-0.05, 0) is 57.1 Å². The van der Waals surface area contributed by atoms with Gasteiger partial charge in [-0.3, -0.25) is 5.41 Å². The monoisotopic (exact) mass is 286 g/mol. The number of nitrogens with one attached hydrogen (secondary N) is 1. The van der Waals surface area contributed by atoms with Gasteiger partial charge in [0.05, 0.1) is 5.56 Å². The molecule has 0 amide bonds. The molecule has 1 aromatic rings. The highest BCUT2D eigenvalue weighted by Gasteiger charge is 2.35. The molecule has 1 aromatic heterocycles. The van der Waals surface area contributed by atoms with Crippen LogP contribution in [0.25, 0.3) is 0 Å². The fourth-order valence-electron chi connectivity index (χ4n) is 4.25. The van der Waals surface area contributed by atoms with Crippen molar-refractivity contribution >= 4 is 11.7 Å². The van der Waals surface area contributed by atoms with E-state index in [0.29, 0.717) is 6.04 Å². The minimum Gasteiger partial charge on any atom is -0.384 e. The number of hydrogen-bond donors (Lipinski definition) is 2. The van der Waals surface area contributed by atoms with Crippen LogP contribution in [0.2, 0.25) is 0 Å². The number of aromatic nitrogens is 1. The first-order valence-electron chi connectivity index (χ1n) is 8.17. The summed E-state index contributed by atoms with van der Waals surface area (Å²) in [6, 6.07) is 2.63. The van der Waals surface area contributed by atoms with E-state index in [-0.39, 0.29) is 5.84 Å². The lowest BCUT2D eigenvalue weighted by Crippen LogP contribution is -2.37. The largest absolute Gasteiger partial charge is 0.384 e. The molecule has 0 spiro atoms. The first-order chi connectivity index (χ1) is 10.1. The Morgan fingerprint density at radius 2 is 1.95 bits per heavy atom. The van der Waals surface area contributed by atoms with Crippen LogP contribution in [0, 0.1) is 25.2 Å². The van der Waals surface area contributed by atoms with Crippen molar-refractivity contribution in [2.75, 3.05) is 11.4 Å². The Morgan fingerprint density at radius 1 is 1.24 bits per heavy atom. The van der Waals surface area contributed by atoms with E-state index in [2.05, 4.69) is 4.90 Å². The minimum atomic E-state index is 0.145. The third kappa shape index (κ3) is 2.63. The van der Waals surface area contributed by atoms with Gasteiger partial charge < -0.3 is 10.6 Å². The van der Waals surface area contributed by atoms with Gasteiger partial charge in [0, 0.05) is 18.3 Å². The van der Waals surface area contributed by atoms with Crippen LogP contribution >= 0.6 is 0 Å². The highest BCUT2D eigenvalue weighted by Crippen LogP contribution is 2.38. The Balaban J connectivity index is 2.00. The van der Waals surface area contributed by atoms with Gasteiger partial charge in [0.25, 0.3) is 0 Å². The van der Waals surface area contributed by atoms with E-state index in [1.54, 1.807) is 0 Å². The number of hydrogen-bond acceptors (Lipinski definition) is 3. The summed E-state index contributed by atoms with van der Waals surface area (Å²) in [6.07, 6.45) is 7.93. The summed E-state index contributed by atoms with van der Waals surface area (Å²) in [4.78, 5) is 7.22. The fourth-order valence-corrected chi connectivity index (χ4v) is 4.25. The van der Waals surface area contributed by atoms with Gasteiger partial charge in [0.15, 0.2) is 0 Å². The lowest BCUT2D eigenvalue weighted by molar-refractivity contribution is 0.429. The maximum Gasteiger partial charge on any atom is 0.140 e. The van der Waals surface area contributed by atoms with Crippen molar-refractivity contribution in [2.24, 2.45) is 11.7 Å². The first kappa shape index (κ1) is 14.4. The van der Waals surface area contributed by atoms with Crippen molar-refractivity contribution in [1.82, 2.24) is 4.98 Å². The van der Waals surface area contributed by atoms with Crippen molar-refractivity contribution in [3.05, 3.63) is 22.9 Å². The molecule has 1 atom stereocenters. The highest BCUT2D eigenvalue weighted by atomic mass is 15.2. The van der Waals surface area contributed by atoms with Gasteiger partial charge in [-0.15, -0.1) is 0 Å². The Hall–Kier alpha value is -1.58. The Labute approximate surface area is 127 Å². The standard InChI is InChI=1S/C17H26N4/c1-11-10-12(2)20-17(15(11)16(18)19)21-9-5-8-14(21)13-6-3-4-7-13/h10,13-14H,3-9H2,1-2H3,(H3,18,19). The molecule has 3 rings (SSSR count). The van der Waals surface area contributed by atoms with Crippen LogP contribution < -0.4 is 10.6 Å². The van der Waals surface area contributed by atoms with Crippen molar-refractivity contribution in [1.29, 1.82) is 5.41 Å². The number of nitrogens with zero attached hydrogens (tertiary/aromatic N) is 2. The second kappa shape index (κ2) is 5.66. The second-order valence-corrected chi connectivity index (χ2v) is 6.64. The second-order valence-electron chi connectivity index (χ2n) is 6.64. The zero-order valence-electron chi connectivity index (χ0n) is 13.2. The molecule has 2 fully saturated rings. The molecular weight excluding hydrogens is 260 g/mol. The number of pyridine rings is 1. The molecule has 0 aromatic carbocycles. The molecule has 1 aliphatic heterocycles. The summed E-state index contributed by atoms with van der Waals surface area (Å²) in [5.74, 6) is 1.90. The lowest BCUT2D eigenvalue weighted by atomic mass is 9.95. The van der Waals surface area contributed by atoms with Crippen LogP contribution in [0.15, 0.2) is 6.07 Å². The van der Waals surface area contributed by atoms with Gasteiger partial charge >= 0.3 is 0 Å². The van der Waals surface area contributed by atoms with E-state index in [1.807, 2.05) is 19.9 Å². The predicted molar refractivity (Wildman–Crippen MR) is 87.1 cm³/mol. The number of rotatable bonds is 3. The summed E-state index contributed by atoms with van der Waals surface area (Å²) in [7, 11) is 0. The van der Waals surface area contributed by atoms with E-state index in [1.165, 1.54) is 38.5 Å². The number of amidine groups is 1. The minimum absolute atomic E-state index is 0.145. The van der Waals surface area contributed by atoms with Gasteiger partial charge in [-0.25, -0.2) is 4.98 Å². The zero-order valence-corrected chi connectivity index (χ0v) is 13.2. The normalized spacial score (nSPS) is 23.0. The van der Waals surface area contributed by atoms with E-state index < -0.39 is 0 Å². The first-order valence-corrected chi connectivity index (χ1v) is 8.17. The van der Waals surface area contributed by atoms with Gasteiger partial charge in [-0.1, -0.05) is 12.8 Å². The molecule has 1 saturated carbocycles. The zero-order chi connectivity index (χ0) is 15.0. The smallest absolute Gasteiger partial charge is 0.140 e. The number of nitrogen functional groups attached to an aromatic ring is 1. The topological polar surface area (TPSA) is 66.0 Å². The highest BCUT2D eigenvalue weighted by molar-refractivity contribution is 6.01. The van der Waals surface area contributed by atoms with Gasteiger partial charge in [0.2, 0.25) is 0 Å². The fraction of sp³-hybridized carbons (Fsp3) is 0.647. The molecule has 114 valence electrons. The molecule has 3 N–H and O–H groups in total. The Bertz CT molecular complexity index is 546. The summed E-state index contributed by atoms with van der Waals surface area (Å²) in [5.41, 5.74) is 8.78. The quantitative estimate of drug-likeness (QED) is 0.662. The summed E-state index contributed by atoms with van der Waals surface area (Å²) >= 11 is 0. The third-order valence-corrected chi connectivity index (χ3v) is 5.11. The van der Waals surface area contributed by atoms with Crippen molar-refractivity contribution < 1.29 is 0 Å². The van der Waals surface area contributed by atoms with E-state index in [9.17, 15) is 0 Å². The summed E-state index contributed by atoms with van der Waals surface area (Å²) in [5, 5.41) is 7.94. The van der Waals surface area contributed by atoms with Crippen LogP contribution in [0.1, 0.15) is 55.3 Å². The van der Waals surface area contributed by atoms with Crippen LogP contribution in [-0.2, 0) is 0 Å². The summed E-state index contributed by atoms with van der Waals surface area (Å²) < 4.78 is 0. The van der Waals surface area contributed by atoms with Crippen molar-refractivity contribution in [2.45, 2.75) is 58.4 Å². The number of nitrogens with two attached hydrogens (primary N) is 1. The Kier molecular flexibility index (Phi) is 3.87. The SMILES string of the molecule is Cc1cc(C)c(C(=N)N)c(N2CCCC2C2CCCC2)n1. The van der Waals surface area contributed by atoms with Crippen LogP contribution in [0.4, 0.5) is 5.82 Å². The van der Waals surface area contributed by atoms with Crippen LogP contribution in [-0.4, -0.2) is 23.4 Å². The molecule has 21 heavy (non-hydrogen) atoms. The molecule has 4 nitrogen and oxygen atoms in total. The maximum absolute atomic E-state index is 7.94. The predicted octanol–water partition coefficient (Wildman–Crippen LogP) is 3.14. The molecule has 1 unspecified atom stereocenters. The molecular formula is C17H26N4. The van der Waals surface area contributed by atoms with Crippen LogP contribution in [0.3, 0.4) is 0 Å². The molecule has 0 radical (unpaired) electrons. The number of anilines is 1. The van der Waals surface area contributed by atoms with E-state index in [0.717, 1.165) is 35.1 Å². The average molecular weight is 286 g/mol. The summed E-state index contributed by atoms with van der Waals surface area (Å²) in [6.45, 7) is 5.12. The van der Waals surface area contributed by atoms with Crippen molar-refractivity contribution in [3.63, 3.8) is 0 Å². The number of aryl methyl sites for hydroxylation is 2. The molecule has 1 aliphatic carbocycles. The van der Waals surface area contributed by atoms with Crippen molar-refractivity contribution in [3.8, 4) is 0 Å². The molecule has 2 heterocycles. The molecule has 1 saturated heterocycles. The lowest BCUT2D eigenvalue weighted by Gasteiger charge is -2.32. The van der Waals surface area contributed by atoms with Gasteiger partial charge in [0.1, 0.15) is 11.7 Å². The van der Waals surface area contributed by atoms with E-state index >= 15 is 0 Å². The average Bonchev–Trinajstić information content (AvgIpc) is 3.08.